The van der Waals surface area contributed by atoms with Crippen LogP contribution in [0.4, 0.5) is 5.13 Å². The minimum atomic E-state index is 0.543. The Bertz CT molecular complexity index is 232. The van der Waals surface area contributed by atoms with Crippen molar-refractivity contribution >= 4 is 16.5 Å². The number of thiazole rings is 1. The maximum atomic E-state index is 5.50. The van der Waals surface area contributed by atoms with Gasteiger partial charge in [-0.05, 0) is 0 Å². The van der Waals surface area contributed by atoms with Crippen molar-refractivity contribution in [1.29, 1.82) is 0 Å². The molecule has 0 radical (unpaired) electrons. The van der Waals surface area contributed by atoms with Gasteiger partial charge in [0.15, 0.2) is 5.13 Å². The normalized spacial score (nSPS) is 10.9. The molecule has 0 aliphatic carbocycles. The lowest BCUT2D eigenvalue weighted by Crippen LogP contribution is -2.24. The van der Waals surface area contributed by atoms with Crippen molar-refractivity contribution in [2.24, 2.45) is 0 Å². The summed E-state index contributed by atoms with van der Waals surface area (Å²) in [6, 6.07) is 0.543. The molecule has 0 spiro atoms. The highest BCUT2D eigenvalue weighted by Gasteiger charge is 1.98. The summed E-state index contributed by atoms with van der Waals surface area (Å²) in [5.41, 5.74) is 6.59. The van der Waals surface area contributed by atoms with Crippen LogP contribution >= 0.6 is 11.3 Å². The largest absolute Gasteiger partial charge is 0.375 e. The summed E-state index contributed by atoms with van der Waals surface area (Å²) < 4.78 is 0. The quantitative estimate of drug-likeness (QED) is 0.742. The molecule has 0 aromatic carbocycles. The Hall–Kier alpha value is -0.610. The van der Waals surface area contributed by atoms with Gasteiger partial charge in [-0.2, -0.15) is 0 Å². The van der Waals surface area contributed by atoms with Gasteiger partial charge in [0.05, 0.1) is 5.69 Å². The Morgan fingerprint density at radius 1 is 1.67 bits per heavy atom. The highest BCUT2D eigenvalue weighted by molar-refractivity contribution is 7.13. The number of nitrogens with two attached hydrogens (primary N) is 1. The molecule has 12 heavy (non-hydrogen) atoms. The topological polar surface area (TPSA) is 50.9 Å². The number of hydrogen-bond donors (Lipinski definition) is 2. The van der Waals surface area contributed by atoms with Gasteiger partial charge in [-0.15, -0.1) is 11.3 Å². The van der Waals surface area contributed by atoms with E-state index in [1.54, 1.807) is 0 Å². The number of anilines is 1. The zero-order valence-electron chi connectivity index (χ0n) is 7.50. The Kier molecular flexibility index (Phi) is 3.49. The standard InChI is InChI=1S/C8H15N3S/c1-6(2)10-4-3-7-5-12-8(9)11-7/h5-6,10H,3-4H2,1-2H3,(H2,9,11). The summed E-state index contributed by atoms with van der Waals surface area (Å²) in [5, 5.41) is 6.00. The Balaban J connectivity index is 2.24. The van der Waals surface area contributed by atoms with Crippen molar-refractivity contribution in [3.05, 3.63) is 11.1 Å². The van der Waals surface area contributed by atoms with Gasteiger partial charge in [0.25, 0.3) is 0 Å². The predicted molar refractivity (Wildman–Crippen MR) is 53.4 cm³/mol. The number of rotatable bonds is 4. The molecule has 0 amide bonds. The van der Waals surface area contributed by atoms with E-state index >= 15 is 0 Å². The number of aromatic nitrogens is 1. The van der Waals surface area contributed by atoms with E-state index in [9.17, 15) is 0 Å². The first-order valence-electron chi connectivity index (χ1n) is 4.11. The minimum absolute atomic E-state index is 0.543. The Morgan fingerprint density at radius 3 is 2.92 bits per heavy atom. The molecule has 0 bridgehead atoms. The molecule has 0 atom stereocenters. The third-order valence-corrected chi connectivity index (χ3v) is 2.23. The average Bonchev–Trinajstić information content (AvgIpc) is 2.35. The molecular weight excluding hydrogens is 170 g/mol. The molecule has 0 saturated carbocycles. The highest BCUT2D eigenvalue weighted by atomic mass is 32.1. The van der Waals surface area contributed by atoms with Crippen molar-refractivity contribution in [2.75, 3.05) is 12.3 Å². The van der Waals surface area contributed by atoms with Crippen LogP contribution in [0.25, 0.3) is 0 Å². The van der Waals surface area contributed by atoms with Crippen LogP contribution in [0.2, 0.25) is 0 Å². The van der Waals surface area contributed by atoms with Gasteiger partial charge in [-0.1, -0.05) is 13.8 Å². The second kappa shape index (κ2) is 4.42. The molecule has 3 N–H and O–H groups in total. The second-order valence-corrected chi connectivity index (χ2v) is 3.93. The Labute approximate surface area is 77.0 Å². The van der Waals surface area contributed by atoms with Crippen molar-refractivity contribution < 1.29 is 0 Å². The van der Waals surface area contributed by atoms with E-state index < -0.39 is 0 Å². The summed E-state index contributed by atoms with van der Waals surface area (Å²) in [7, 11) is 0. The van der Waals surface area contributed by atoms with Crippen molar-refractivity contribution in [3.63, 3.8) is 0 Å². The van der Waals surface area contributed by atoms with E-state index in [2.05, 4.69) is 24.1 Å². The third kappa shape index (κ3) is 3.19. The lowest BCUT2D eigenvalue weighted by molar-refractivity contribution is 0.588. The Morgan fingerprint density at radius 2 is 2.42 bits per heavy atom. The molecule has 1 aromatic rings. The zero-order valence-corrected chi connectivity index (χ0v) is 8.32. The van der Waals surface area contributed by atoms with E-state index in [0.29, 0.717) is 11.2 Å². The number of hydrogen-bond acceptors (Lipinski definition) is 4. The van der Waals surface area contributed by atoms with Crippen LogP contribution in [-0.2, 0) is 6.42 Å². The number of nitrogens with zero attached hydrogens (tertiary/aromatic N) is 1. The highest BCUT2D eigenvalue weighted by Crippen LogP contribution is 2.10. The van der Waals surface area contributed by atoms with Gasteiger partial charge >= 0.3 is 0 Å². The molecule has 0 unspecified atom stereocenters. The first kappa shape index (κ1) is 9.48. The van der Waals surface area contributed by atoms with E-state index in [4.69, 9.17) is 5.73 Å². The fourth-order valence-corrected chi connectivity index (χ4v) is 1.52. The van der Waals surface area contributed by atoms with Gasteiger partial charge in [-0.25, -0.2) is 4.98 Å². The van der Waals surface area contributed by atoms with Crippen LogP contribution in [-0.4, -0.2) is 17.6 Å². The lowest BCUT2D eigenvalue weighted by Gasteiger charge is -2.05. The fraction of sp³-hybridized carbons (Fsp3) is 0.625. The van der Waals surface area contributed by atoms with E-state index in [1.165, 1.54) is 11.3 Å². The van der Waals surface area contributed by atoms with E-state index in [-0.39, 0.29) is 0 Å². The van der Waals surface area contributed by atoms with Crippen LogP contribution in [0.1, 0.15) is 19.5 Å². The molecule has 68 valence electrons. The number of nitrogens with one attached hydrogen (secondary N) is 1. The molecule has 3 nitrogen and oxygen atoms in total. The molecule has 0 fully saturated rings. The van der Waals surface area contributed by atoms with Gasteiger partial charge in [-0.3, -0.25) is 0 Å². The van der Waals surface area contributed by atoms with Gasteiger partial charge in [0, 0.05) is 24.4 Å². The summed E-state index contributed by atoms with van der Waals surface area (Å²) >= 11 is 1.50. The molecule has 1 heterocycles. The van der Waals surface area contributed by atoms with Crippen molar-refractivity contribution in [1.82, 2.24) is 10.3 Å². The first-order valence-corrected chi connectivity index (χ1v) is 4.99. The van der Waals surface area contributed by atoms with Crippen molar-refractivity contribution in [2.45, 2.75) is 26.3 Å². The molecular formula is C8H15N3S. The molecule has 4 heteroatoms. The molecule has 0 aliphatic rings. The lowest BCUT2D eigenvalue weighted by atomic mass is 10.3. The smallest absolute Gasteiger partial charge is 0.180 e. The van der Waals surface area contributed by atoms with Crippen LogP contribution in [0, 0.1) is 0 Å². The predicted octanol–water partition coefficient (Wildman–Crippen LogP) is 1.27. The van der Waals surface area contributed by atoms with Crippen molar-refractivity contribution in [3.8, 4) is 0 Å². The van der Waals surface area contributed by atoms with E-state index in [0.717, 1.165) is 18.7 Å². The summed E-state index contributed by atoms with van der Waals surface area (Å²) in [6.07, 6.45) is 0.964. The van der Waals surface area contributed by atoms with Crippen LogP contribution < -0.4 is 11.1 Å². The van der Waals surface area contributed by atoms with Gasteiger partial charge in [0.2, 0.25) is 0 Å². The molecule has 0 saturated heterocycles. The summed E-state index contributed by atoms with van der Waals surface area (Å²) in [6.45, 7) is 5.24. The zero-order chi connectivity index (χ0) is 8.97. The monoisotopic (exact) mass is 185 g/mol. The maximum Gasteiger partial charge on any atom is 0.180 e. The second-order valence-electron chi connectivity index (χ2n) is 3.04. The molecule has 0 aliphatic heterocycles. The van der Waals surface area contributed by atoms with Gasteiger partial charge in [0.1, 0.15) is 0 Å². The fourth-order valence-electron chi connectivity index (χ4n) is 0.926. The minimum Gasteiger partial charge on any atom is -0.375 e. The van der Waals surface area contributed by atoms with Gasteiger partial charge < -0.3 is 11.1 Å². The number of nitrogen functional groups attached to an aromatic ring is 1. The molecule has 1 aromatic heterocycles. The van der Waals surface area contributed by atoms with E-state index in [1.807, 2.05) is 5.38 Å². The first-order chi connectivity index (χ1) is 5.68. The van der Waals surface area contributed by atoms with Crippen LogP contribution in [0.15, 0.2) is 5.38 Å². The summed E-state index contributed by atoms with van der Waals surface area (Å²) in [5.74, 6) is 0. The average molecular weight is 185 g/mol. The SMILES string of the molecule is CC(C)NCCc1csc(N)n1. The summed E-state index contributed by atoms with van der Waals surface area (Å²) in [4.78, 5) is 4.16. The van der Waals surface area contributed by atoms with Crippen LogP contribution in [0.3, 0.4) is 0 Å². The maximum absolute atomic E-state index is 5.50. The van der Waals surface area contributed by atoms with Crippen LogP contribution in [0.5, 0.6) is 0 Å². The molecule has 1 rings (SSSR count). The third-order valence-electron chi connectivity index (χ3n) is 1.50.